The Morgan fingerprint density at radius 2 is 2.36 bits per heavy atom. The maximum atomic E-state index is 5.55. The summed E-state index contributed by atoms with van der Waals surface area (Å²) >= 11 is 0. The molecule has 0 unspecified atom stereocenters. The molecule has 0 fully saturated rings. The lowest BCUT2D eigenvalue weighted by Gasteiger charge is -2.28. The second-order valence-electron chi connectivity index (χ2n) is 3.61. The zero-order chi connectivity index (χ0) is 9.97. The van der Waals surface area contributed by atoms with E-state index in [-0.39, 0.29) is 0 Å². The maximum Gasteiger partial charge on any atom is 0.142 e. The topological polar surface area (TPSA) is 38.5 Å². The Morgan fingerprint density at radius 1 is 1.50 bits per heavy atom. The van der Waals surface area contributed by atoms with Crippen molar-refractivity contribution < 1.29 is 4.74 Å². The number of rotatable bonds is 2. The molecule has 0 amide bonds. The lowest BCUT2D eigenvalue weighted by atomic mass is 10.1. The van der Waals surface area contributed by atoms with E-state index in [0.717, 1.165) is 25.3 Å². The minimum atomic E-state index is 0.698. The summed E-state index contributed by atoms with van der Waals surface area (Å²) in [6.07, 6.45) is 0.932. The van der Waals surface area contributed by atoms with E-state index in [0.29, 0.717) is 6.54 Å². The van der Waals surface area contributed by atoms with Gasteiger partial charge in [0.05, 0.1) is 12.2 Å². The first-order valence-corrected chi connectivity index (χ1v) is 4.98. The Labute approximate surface area is 84.5 Å². The van der Waals surface area contributed by atoms with Crippen molar-refractivity contribution in [3.8, 4) is 5.75 Å². The van der Waals surface area contributed by atoms with Gasteiger partial charge in [-0.05, 0) is 30.7 Å². The molecule has 2 N–H and O–H groups in total. The molecule has 76 valence electrons. The molecule has 1 aliphatic heterocycles. The molecule has 0 saturated heterocycles. The van der Waals surface area contributed by atoms with E-state index >= 15 is 0 Å². The standard InChI is InChI=1S/C11H16N2O/c1-13-6-7-14-11-3-2-9(4-5-12)8-10(11)13/h2-3,8H,4-7,12H2,1H3. The normalized spacial score (nSPS) is 14.9. The zero-order valence-corrected chi connectivity index (χ0v) is 8.49. The van der Waals surface area contributed by atoms with E-state index in [1.807, 2.05) is 6.07 Å². The van der Waals surface area contributed by atoms with E-state index in [1.54, 1.807) is 0 Å². The fraction of sp³-hybridized carbons (Fsp3) is 0.455. The average Bonchev–Trinajstić information content (AvgIpc) is 2.20. The summed E-state index contributed by atoms with van der Waals surface area (Å²) in [6.45, 7) is 2.43. The van der Waals surface area contributed by atoms with Crippen molar-refractivity contribution in [2.75, 3.05) is 31.6 Å². The Bertz CT molecular complexity index is 325. The molecule has 0 spiro atoms. The summed E-state index contributed by atoms with van der Waals surface area (Å²) in [5, 5.41) is 0. The molecule has 1 aromatic carbocycles. The fourth-order valence-electron chi connectivity index (χ4n) is 1.72. The molecule has 1 aliphatic rings. The number of nitrogens with two attached hydrogens (primary N) is 1. The van der Waals surface area contributed by atoms with E-state index < -0.39 is 0 Å². The first-order chi connectivity index (χ1) is 6.81. The van der Waals surface area contributed by atoms with E-state index in [9.17, 15) is 0 Å². The lowest BCUT2D eigenvalue weighted by Crippen LogP contribution is -2.28. The van der Waals surface area contributed by atoms with Crippen LogP contribution < -0.4 is 15.4 Å². The van der Waals surface area contributed by atoms with E-state index in [4.69, 9.17) is 10.5 Å². The zero-order valence-electron chi connectivity index (χ0n) is 8.49. The third-order valence-electron chi connectivity index (χ3n) is 2.55. The van der Waals surface area contributed by atoms with Gasteiger partial charge in [0.2, 0.25) is 0 Å². The summed E-state index contributed by atoms with van der Waals surface area (Å²) in [4.78, 5) is 2.22. The first kappa shape index (κ1) is 9.34. The molecule has 0 aromatic heterocycles. The van der Waals surface area contributed by atoms with Crippen LogP contribution in [-0.4, -0.2) is 26.7 Å². The third kappa shape index (κ3) is 1.68. The Balaban J connectivity index is 2.31. The fourth-order valence-corrected chi connectivity index (χ4v) is 1.72. The van der Waals surface area contributed by atoms with Crippen molar-refractivity contribution in [1.29, 1.82) is 0 Å². The molecule has 1 aromatic rings. The highest BCUT2D eigenvalue weighted by molar-refractivity contribution is 5.60. The van der Waals surface area contributed by atoms with Gasteiger partial charge in [0, 0.05) is 7.05 Å². The Hall–Kier alpha value is -1.22. The second kappa shape index (κ2) is 3.88. The lowest BCUT2D eigenvalue weighted by molar-refractivity contribution is 0.311. The molecule has 2 rings (SSSR count). The van der Waals surface area contributed by atoms with Crippen molar-refractivity contribution in [1.82, 2.24) is 0 Å². The van der Waals surface area contributed by atoms with E-state index in [1.165, 1.54) is 11.3 Å². The van der Waals surface area contributed by atoms with Crippen molar-refractivity contribution in [3.05, 3.63) is 23.8 Å². The highest BCUT2D eigenvalue weighted by atomic mass is 16.5. The molecule has 0 atom stereocenters. The van der Waals surface area contributed by atoms with Crippen LogP contribution in [0, 0.1) is 0 Å². The van der Waals surface area contributed by atoms with Gasteiger partial charge in [-0.1, -0.05) is 6.07 Å². The van der Waals surface area contributed by atoms with Gasteiger partial charge >= 0.3 is 0 Å². The minimum Gasteiger partial charge on any atom is -0.490 e. The maximum absolute atomic E-state index is 5.55. The van der Waals surface area contributed by atoms with Crippen LogP contribution in [0.15, 0.2) is 18.2 Å². The molecule has 0 aliphatic carbocycles. The van der Waals surface area contributed by atoms with Crippen molar-refractivity contribution >= 4 is 5.69 Å². The van der Waals surface area contributed by atoms with Crippen LogP contribution in [0.5, 0.6) is 5.75 Å². The van der Waals surface area contributed by atoms with Crippen molar-refractivity contribution in [2.24, 2.45) is 5.73 Å². The quantitative estimate of drug-likeness (QED) is 0.760. The first-order valence-electron chi connectivity index (χ1n) is 4.98. The molecule has 14 heavy (non-hydrogen) atoms. The number of hydrogen-bond acceptors (Lipinski definition) is 3. The summed E-state index contributed by atoms with van der Waals surface area (Å²) in [5.74, 6) is 0.986. The predicted molar refractivity (Wildman–Crippen MR) is 58.0 cm³/mol. The van der Waals surface area contributed by atoms with Crippen LogP contribution in [-0.2, 0) is 6.42 Å². The van der Waals surface area contributed by atoms with Gasteiger partial charge in [0.1, 0.15) is 12.4 Å². The minimum absolute atomic E-state index is 0.698. The SMILES string of the molecule is CN1CCOc2ccc(CCN)cc21. The monoisotopic (exact) mass is 192 g/mol. The van der Waals surface area contributed by atoms with Crippen LogP contribution in [0.25, 0.3) is 0 Å². The summed E-state index contributed by atoms with van der Waals surface area (Å²) in [6, 6.07) is 6.29. The highest BCUT2D eigenvalue weighted by Gasteiger charge is 2.14. The molecule has 0 radical (unpaired) electrons. The van der Waals surface area contributed by atoms with Gasteiger partial charge in [-0.15, -0.1) is 0 Å². The number of benzene rings is 1. The summed E-state index contributed by atoms with van der Waals surface area (Å²) in [7, 11) is 2.09. The number of nitrogens with zero attached hydrogens (tertiary/aromatic N) is 1. The molecule has 0 saturated carbocycles. The van der Waals surface area contributed by atoms with E-state index in [2.05, 4.69) is 24.1 Å². The van der Waals surface area contributed by atoms with Crippen LogP contribution in [0.3, 0.4) is 0 Å². The van der Waals surface area contributed by atoms with Crippen molar-refractivity contribution in [2.45, 2.75) is 6.42 Å². The van der Waals surface area contributed by atoms with Gasteiger partial charge in [-0.25, -0.2) is 0 Å². The number of ether oxygens (including phenoxy) is 1. The largest absolute Gasteiger partial charge is 0.490 e. The Kier molecular flexibility index (Phi) is 2.59. The van der Waals surface area contributed by atoms with Gasteiger partial charge < -0.3 is 15.4 Å². The molecule has 3 heteroatoms. The van der Waals surface area contributed by atoms with Crippen LogP contribution in [0.2, 0.25) is 0 Å². The molecule has 3 nitrogen and oxygen atoms in total. The van der Waals surface area contributed by atoms with Crippen LogP contribution in [0.4, 0.5) is 5.69 Å². The number of anilines is 1. The molecular formula is C11H16N2O. The smallest absolute Gasteiger partial charge is 0.142 e. The van der Waals surface area contributed by atoms with Crippen molar-refractivity contribution in [3.63, 3.8) is 0 Å². The van der Waals surface area contributed by atoms with Gasteiger partial charge in [0.25, 0.3) is 0 Å². The second-order valence-corrected chi connectivity index (χ2v) is 3.61. The summed E-state index contributed by atoms with van der Waals surface area (Å²) in [5.41, 5.74) is 7.99. The molecule has 1 heterocycles. The average molecular weight is 192 g/mol. The number of likely N-dealkylation sites (N-methyl/N-ethyl adjacent to an activating group) is 1. The van der Waals surface area contributed by atoms with Gasteiger partial charge in [-0.3, -0.25) is 0 Å². The third-order valence-corrected chi connectivity index (χ3v) is 2.55. The Morgan fingerprint density at radius 3 is 3.14 bits per heavy atom. The number of fused-ring (bicyclic) bond motifs is 1. The van der Waals surface area contributed by atoms with Gasteiger partial charge in [0.15, 0.2) is 0 Å². The van der Waals surface area contributed by atoms with Crippen LogP contribution >= 0.6 is 0 Å². The molecule has 0 bridgehead atoms. The van der Waals surface area contributed by atoms with Crippen LogP contribution in [0.1, 0.15) is 5.56 Å². The summed E-state index contributed by atoms with van der Waals surface area (Å²) < 4.78 is 5.55. The molecular weight excluding hydrogens is 176 g/mol. The number of hydrogen-bond donors (Lipinski definition) is 1. The van der Waals surface area contributed by atoms with Gasteiger partial charge in [-0.2, -0.15) is 0 Å². The highest BCUT2D eigenvalue weighted by Crippen LogP contribution is 2.31. The predicted octanol–water partition coefficient (Wildman–Crippen LogP) is 1.02.